The van der Waals surface area contributed by atoms with E-state index in [9.17, 15) is 0 Å². The highest BCUT2D eigenvalue weighted by Gasteiger charge is 2.27. The fraction of sp³-hybridized carbons (Fsp3) is 0.750. The molecule has 1 aromatic rings. The molecule has 1 aliphatic heterocycles. The molecule has 0 amide bonds. The van der Waals surface area contributed by atoms with Gasteiger partial charge in [-0.25, -0.2) is 0 Å². The molecule has 2 heterocycles. The average Bonchev–Trinajstić information content (AvgIpc) is 2.87. The minimum Gasteiger partial charge on any atom is -0.374 e. The third-order valence-electron chi connectivity index (χ3n) is 3.22. The molecule has 1 aliphatic rings. The van der Waals surface area contributed by atoms with Gasteiger partial charge in [0.2, 0.25) is 0 Å². The monoisotopic (exact) mass is 223 g/mol. The van der Waals surface area contributed by atoms with E-state index in [0.717, 1.165) is 25.8 Å². The maximum absolute atomic E-state index is 6.16. The molecule has 4 heteroatoms. The number of rotatable bonds is 4. The first-order valence-corrected chi connectivity index (χ1v) is 6.11. The molecule has 1 fully saturated rings. The van der Waals surface area contributed by atoms with Crippen molar-refractivity contribution >= 4 is 0 Å². The average molecular weight is 223 g/mol. The second-order valence-corrected chi connectivity index (χ2v) is 4.63. The molecule has 4 nitrogen and oxygen atoms in total. The van der Waals surface area contributed by atoms with Crippen LogP contribution in [-0.4, -0.2) is 28.0 Å². The Balaban J connectivity index is 1.89. The van der Waals surface area contributed by atoms with E-state index in [4.69, 9.17) is 10.5 Å². The predicted molar refractivity (Wildman–Crippen MR) is 63.1 cm³/mol. The number of nitrogens with two attached hydrogens (primary N) is 1. The van der Waals surface area contributed by atoms with Gasteiger partial charge in [0.1, 0.15) is 0 Å². The Hall–Kier alpha value is -0.870. The third-order valence-corrected chi connectivity index (χ3v) is 3.22. The van der Waals surface area contributed by atoms with Crippen LogP contribution >= 0.6 is 0 Å². The predicted octanol–water partition coefficient (Wildman–Crippen LogP) is 1.34. The van der Waals surface area contributed by atoms with E-state index in [1.165, 1.54) is 5.56 Å². The Bertz CT molecular complexity index is 337. The molecular formula is C12H21N3O. The van der Waals surface area contributed by atoms with Crippen molar-refractivity contribution in [2.24, 2.45) is 5.73 Å². The van der Waals surface area contributed by atoms with Crippen molar-refractivity contribution in [2.75, 3.05) is 0 Å². The second-order valence-electron chi connectivity index (χ2n) is 4.63. The van der Waals surface area contributed by atoms with Crippen LogP contribution in [0.2, 0.25) is 0 Å². The molecule has 0 bridgehead atoms. The summed E-state index contributed by atoms with van der Waals surface area (Å²) in [5.74, 6) is 0. The molecule has 3 unspecified atom stereocenters. The maximum atomic E-state index is 6.16. The van der Waals surface area contributed by atoms with Gasteiger partial charge < -0.3 is 10.5 Å². The van der Waals surface area contributed by atoms with E-state index >= 15 is 0 Å². The number of aromatic nitrogens is 2. The summed E-state index contributed by atoms with van der Waals surface area (Å²) < 4.78 is 7.71. The van der Waals surface area contributed by atoms with Crippen molar-refractivity contribution in [3.05, 3.63) is 18.0 Å². The topological polar surface area (TPSA) is 53.1 Å². The van der Waals surface area contributed by atoms with E-state index < -0.39 is 0 Å². The summed E-state index contributed by atoms with van der Waals surface area (Å²) in [7, 11) is 0. The minimum absolute atomic E-state index is 0.0967. The highest BCUT2D eigenvalue weighted by atomic mass is 16.5. The van der Waals surface area contributed by atoms with Crippen molar-refractivity contribution < 1.29 is 4.74 Å². The van der Waals surface area contributed by atoms with Crippen molar-refractivity contribution in [2.45, 2.75) is 57.9 Å². The molecule has 2 N–H and O–H groups in total. The highest BCUT2D eigenvalue weighted by molar-refractivity contribution is 5.07. The Morgan fingerprint density at radius 3 is 3.00 bits per heavy atom. The first kappa shape index (κ1) is 11.6. The third kappa shape index (κ3) is 2.62. The standard InChI is InChI=1S/C12H21N3O/c1-3-15-8-10(7-14-15)6-11(13)12-5-4-9(2)16-12/h7-9,11-12H,3-6,13H2,1-2H3. The molecule has 0 radical (unpaired) electrons. The molecule has 0 spiro atoms. The van der Waals surface area contributed by atoms with Crippen LogP contribution in [0, 0.1) is 0 Å². The van der Waals surface area contributed by atoms with Crippen molar-refractivity contribution in [1.82, 2.24) is 9.78 Å². The van der Waals surface area contributed by atoms with Gasteiger partial charge in [0.25, 0.3) is 0 Å². The van der Waals surface area contributed by atoms with Crippen LogP contribution < -0.4 is 5.73 Å². The summed E-state index contributed by atoms with van der Waals surface area (Å²) >= 11 is 0. The minimum atomic E-state index is 0.0967. The number of hydrogen-bond donors (Lipinski definition) is 1. The van der Waals surface area contributed by atoms with Crippen LogP contribution in [0.1, 0.15) is 32.3 Å². The molecule has 16 heavy (non-hydrogen) atoms. The quantitative estimate of drug-likeness (QED) is 0.838. The van der Waals surface area contributed by atoms with Crippen LogP contribution in [0.25, 0.3) is 0 Å². The Morgan fingerprint density at radius 1 is 1.62 bits per heavy atom. The van der Waals surface area contributed by atoms with Crippen LogP contribution in [0.15, 0.2) is 12.4 Å². The molecule has 90 valence electrons. The number of aryl methyl sites for hydroxylation is 1. The summed E-state index contributed by atoms with van der Waals surface area (Å²) in [5.41, 5.74) is 7.37. The van der Waals surface area contributed by atoms with E-state index in [0.29, 0.717) is 6.10 Å². The summed E-state index contributed by atoms with van der Waals surface area (Å²) in [6, 6.07) is 0.0967. The first-order chi connectivity index (χ1) is 7.69. The number of hydrogen-bond acceptors (Lipinski definition) is 3. The van der Waals surface area contributed by atoms with E-state index in [-0.39, 0.29) is 12.1 Å². The van der Waals surface area contributed by atoms with Gasteiger partial charge in [-0.15, -0.1) is 0 Å². The fourth-order valence-electron chi connectivity index (χ4n) is 2.24. The Kier molecular flexibility index (Phi) is 3.61. The van der Waals surface area contributed by atoms with Gasteiger partial charge in [-0.2, -0.15) is 5.10 Å². The Labute approximate surface area is 96.8 Å². The van der Waals surface area contributed by atoms with E-state index in [1.54, 1.807) is 0 Å². The van der Waals surface area contributed by atoms with Gasteiger partial charge in [-0.1, -0.05) is 0 Å². The van der Waals surface area contributed by atoms with Crippen molar-refractivity contribution in [3.63, 3.8) is 0 Å². The van der Waals surface area contributed by atoms with Crippen LogP contribution in [-0.2, 0) is 17.7 Å². The normalized spacial score (nSPS) is 27.2. The van der Waals surface area contributed by atoms with Crippen LogP contribution in [0.5, 0.6) is 0 Å². The molecule has 3 atom stereocenters. The summed E-state index contributed by atoms with van der Waals surface area (Å²) in [6.07, 6.45) is 7.64. The molecule has 0 aromatic carbocycles. The summed E-state index contributed by atoms with van der Waals surface area (Å²) in [5, 5.41) is 4.25. The van der Waals surface area contributed by atoms with Crippen LogP contribution in [0.4, 0.5) is 0 Å². The largest absolute Gasteiger partial charge is 0.374 e. The summed E-state index contributed by atoms with van der Waals surface area (Å²) in [6.45, 7) is 5.10. The molecule has 0 saturated carbocycles. The lowest BCUT2D eigenvalue weighted by Crippen LogP contribution is -2.36. The van der Waals surface area contributed by atoms with Gasteiger partial charge in [0.05, 0.1) is 18.4 Å². The molecule has 1 aromatic heterocycles. The Morgan fingerprint density at radius 2 is 2.44 bits per heavy atom. The molecular weight excluding hydrogens is 202 g/mol. The van der Waals surface area contributed by atoms with Crippen molar-refractivity contribution in [3.8, 4) is 0 Å². The zero-order valence-electron chi connectivity index (χ0n) is 10.1. The maximum Gasteiger partial charge on any atom is 0.0733 e. The van der Waals surface area contributed by atoms with Gasteiger partial charge in [-0.3, -0.25) is 4.68 Å². The van der Waals surface area contributed by atoms with Crippen LogP contribution in [0.3, 0.4) is 0 Å². The number of ether oxygens (including phenoxy) is 1. The number of nitrogens with zero attached hydrogens (tertiary/aromatic N) is 2. The molecule has 2 rings (SSSR count). The molecule has 1 saturated heterocycles. The van der Waals surface area contributed by atoms with E-state index in [1.807, 2.05) is 10.9 Å². The molecule has 0 aliphatic carbocycles. The summed E-state index contributed by atoms with van der Waals surface area (Å²) in [4.78, 5) is 0. The van der Waals surface area contributed by atoms with Gasteiger partial charge >= 0.3 is 0 Å². The zero-order valence-corrected chi connectivity index (χ0v) is 10.1. The smallest absolute Gasteiger partial charge is 0.0733 e. The van der Waals surface area contributed by atoms with Gasteiger partial charge in [0, 0.05) is 18.8 Å². The lowest BCUT2D eigenvalue weighted by atomic mass is 10.0. The van der Waals surface area contributed by atoms with E-state index in [2.05, 4.69) is 25.1 Å². The lowest BCUT2D eigenvalue weighted by Gasteiger charge is -2.18. The first-order valence-electron chi connectivity index (χ1n) is 6.11. The second kappa shape index (κ2) is 4.97. The van der Waals surface area contributed by atoms with Gasteiger partial charge in [-0.05, 0) is 38.7 Å². The highest BCUT2D eigenvalue weighted by Crippen LogP contribution is 2.22. The fourth-order valence-corrected chi connectivity index (χ4v) is 2.24. The SMILES string of the molecule is CCn1cc(CC(N)C2CCC(C)O2)cn1. The van der Waals surface area contributed by atoms with Gasteiger partial charge in [0.15, 0.2) is 0 Å². The lowest BCUT2D eigenvalue weighted by molar-refractivity contribution is 0.0404. The van der Waals surface area contributed by atoms with Crippen molar-refractivity contribution in [1.29, 1.82) is 0 Å². The zero-order chi connectivity index (χ0) is 11.5.